The average molecular weight is 291 g/mol. The molecule has 2 unspecified atom stereocenters. The van der Waals surface area contributed by atoms with Gasteiger partial charge < -0.3 is 4.52 Å². The van der Waals surface area contributed by atoms with Crippen LogP contribution in [0.2, 0.25) is 0 Å². The van der Waals surface area contributed by atoms with E-state index in [0.29, 0.717) is 17.1 Å². The van der Waals surface area contributed by atoms with E-state index in [1.165, 1.54) is 6.07 Å². The van der Waals surface area contributed by atoms with Crippen molar-refractivity contribution in [3.8, 4) is 0 Å². The Morgan fingerprint density at radius 1 is 1.33 bits per heavy atom. The van der Waals surface area contributed by atoms with E-state index in [9.17, 15) is 9.18 Å². The Balaban J connectivity index is 1.96. The Morgan fingerprint density at radius 2 is 2.05 bits per heavy atom. The van der Waals surface area contributed by atoms with Gasteiger partial charge in [0, 0.05) is 17.7 Å². The molecule has 0 radical (unpaired) electrons. The number of amides is 1. The molecule has 21 heavy (non-hydrogen) atoms. The largest absolute Gasteiger partial charge is 0.338 e. The quantitative estimate of drug-likeness (QED) is 0.889. The van der Waals surface area contributed by atoms with Crippen LogP contribution in [0.5, 0.6) is 0 Å². The minimum atomic E-state index is -0.509. The zero-order valence-corrected chi connectivity index (χ0v) is 12.2. The van der Waals surface area contributed by atoms with Crippen molar-refractivity contribution in [2.24, 2.45) is 0 Å². The molecule has 2 aromatic rings. The fourth-order valence-corrected chi connectivity index (χ4v) is 2.02. The molecule has 0 aliphatic carbocycles. The fraction of sp³-hybridized carbons (Fsp3) is 0.333. The van der Waals surface area contributed by atoms with Crippen LogP contribution in [0.15, 0.2) is 34.9 Å². The van der Waals surface area contributed by atoms with Gasteiger partial charge in [0.15, 0.2) is 0 Å². The first-order chi connectivity index (χ1) is 9.97. The number of benzene rings is 1. The second kappa shape index (κ2) is 6.49. The van der Waals surface area contributed by atoms with Crippen molar-refractivity contribution in [2.45, 2.75) is 32.9 Å². The molecule has 0 saturated carbocycles. The third-order valence-electron chi connectivity index (χ3n) is 3.14. The molecule has 112 valence electrons. The molecule has 2 rings (SSSR count). The van der Waals surface area contributed by atoms with Crippen molar-refractivity contribution >= 4 is 11.8 Å². The highest BCUT2D eigenvalue weighted by Crippen LogP contribution is 2.17. The number of nitrogens with one attached hydrogen (secondary N) is 2. The van der Waals surface area contributed by atoms with E-state index in [1.807, 2.05) is 0 Å². The molecule has 1 amide bonds. The van der Waals surface area contributed by atoms with Crippen molar-refractivity contribution in [1.82, 2.24) is 10.5 Å². The number of hydrogen-bond donors (Lipinski definition) is 2. The minimum absolute atomic E-state index is 0.269. The molecular weight excluding hydrogens is 273 g/mol. The molecule has 6 heteroatoms. The van der Waals surface area contributed by atoms with Crippen molar-refractivity contribution in [3.05, 3.63) is 47.4 Å². The topological polar surface area (TPSA) is 67.2 Å². The van der Waals surface area contributed by atoms with Gasteiger partial charge in [-0.2, -0.15) is 0 Å². The maximum atomic E-state index is 13.7. The SMILES string of the molecule is Cc1cc(NC(=O)C(C)NC(C)c2ccccc2F)on1. The lowest BCUT2D eigenvalue weighted by atomic mass is 10.1. The normalized spacial score (nSPS) is 13.7. The summed E-state index contributed by atoms with van der Waals surface area (Å²) in [6.45, 7) is 5.28. The monoisotopic (exact) mass is 291 g/mol. The molecule has 0 fully saturated rings. The molecule has 1 heterocycles. The maximum Gasteiger partial charge on any atom is 0.243 e. The summed E-state index contributed by atoms with van der Waals surface area (Å²) in [5, 5.41) is 9.35. The fourth-order valence-electron chi connectivity index (χ4n) is 2.02. The highest BCUT2D eigenvalue weighted by Gasteiger charge is 2.19. The molecule has 0 aliphatic heterocycles. The zero-order valence-electron chi connectivity index (χ0n) is 12.2. The van der Waals surface area contributed by atoms with Crippen LogP contribution in [0.25, 0.3) is 0 Å². The molecule has 0 saturated heterocycles. The summed E-state index contributed by atoms with van der Waals surface area (Å²) < 4.78 is 18.6. The van der Waals surface area contributed by atoms with Crippen LogP contribution in [0, 0.1) is 12.7 Å². The van der Waals surface area contributed by atoms with E-state index in [4.69, 9.17) is 4.52 Å². The second-order valence-corrected chi connectivity index (χ2v) is 4.95. The zero-order chi connectivity index (χ0) is 15.4. The average Bonchev–Trinajstić information content (AvgIpc) is 2.84. The van der Waals surface area contributed by atoms with Gasteiger partial charge in [0.25, 0.3) is 0 Å². The molecule has 1 aromatic carbocycles. The Labute approximate surface area is 122 Å². The smallest absolute Gasteiger partial charge is 0.243 e. The summed E-state index contributed by atoms with van der Waals surface area (Å²) in [6, 6.07) is 7.32. The summed E-state index contributed by atoms with van der Waals surface area (Å²) in [5.41, 5.74) is 1.21. The highest BCUT2D eigenvalue weighted by atomic mass is 19.1. The number of anilines is 1. The number of carbonyl (C=O) groups excluding carboxylic acids is 1. The van der Waals surface area contributed by atoms with E-state index < -0.39 is 6.04 Å². The van der Waals surface area contributed by atoms with Crippen LogP contribution in [-0.4, -0.2) is 17.1 Å². The van der Waals surface area contributed by atoms with Gasteiger partial charge in [-0.3, -0.25) is 15.4 Å². The Hall–Kier alpha value is -2.21. The Kier molecular flexibility index (Phi) is 4.70. The van der Waals surface area contributed by atoms with Crippen LogP contribution in [-0.2, 0) is 4.79 Å². The molecule has 0 spiro atoms. The number of rotatable bonds is 5. The number of hydrogen-bond acceptors (Lipinski definition) is 4. The van der Waals surface area contributed by atoms with Crippen LogP contribution in [0.4, 0.5) is 10.3 Å². The van der Waals surface area contributed by atoms with E-state index in [-0.39, 0.29) is 17.8 Å². The van der Waals surface area contributed by atoms with Gasteiger partial charge in [0.2, 0.25) is 11.8 Å². The summed E-state index contributed by atoms with van der Waals surface area (Å²) >= 11 is 0. The third-order valence-corrected chi connectivity index (χ3v) is 3.14. The molecule has 2 N–H and O–H groups in total. The molecular formula is C15H18FN3O2. The first kappa shape index (κ1) is 15.2. The van der Waals surface area contributed by atoms with Crippen molar-refractivity contribution in [3.63, 3.8) is 0 Å². The van der Waals surface area contributed by atoms with Crippen LogP contribution < -0.4 is 10.6 Å². The standard InChI is InChI=1S/C15H18FN3O2/c1-9-8-14(21-19-9)18-15(20)11(3)17-10(2)12-6-4-5-7-13(12)16/h4-8,10-11,17H,1-3H3,(H,18,20). The number of halogens is 1. The lowest BCUT2D eigenvalue weighted by molar-refractivity contribution is -0.118. The Bertz CT molecular complexity index is 627. The van der Waals surface area contributed by atoms with Crippen molar-refractivity contribution < 1.29 is 13.7 Å². The van der Waals surface area contributed by atoms with Crippen LogP contribution >= 0.6 is 0 Å². The van der Waals surface area contributed by atoms with Crippen molar-refractivity contribution in [1.29, 1.82) is 0 Å². The number of aryl methyl sites for hydroxylation is 1. The van der Waals surface area contributed by atoms with Crippen LogP contribution in [0.1, 0.15) is 31.1 Å². The molecule has 5 nitrogen and oxygen atoms in total. The summed E-state index contributed by atoms with van der Waals surface area (Å²) in [5.74, 6) is -0.269. The third kappa shape index (κ3) is 3.88. The van der Waals surface area contributed by atoms with Gasteiger partial charge in [-0.25, -0.2) is 4.39 Å². The van der Waals surface area contributed by atoms with Crippen molar-refractivity contribution in [2.75, 3.05) is 5.32 Å². The Morgan fingerprint density at radius 3 is 2.67 bits per heavy atom. The maximum absolute atomic E-state index is 13.7. The van der Waals surface area contributed by atoms with Gasteiger partial charge in [0.05, 0.1) is 11.7 Å². The van der Waals surface area contributed by atoms with Gasteiger partial charge in [-0.15, -0.1) is 0 Å². The highest BCUT2D eigenvalue weighted by molar-refractivity contribution is 5.93. The molecule has 2 atom stereocenters. The van der Waals surface area contributed by atoms with Gasteiger partial charge in [-0.05, 0) is 26.8 Å². The predicted molar refractivity (Wildman–Crippen MR) is 77.3 cm³/mol. The van der Waals surface area contributed by atoms with Gasteiger partial charge in [-0.1, -0.05) is 23.4 Å². The minimum Gasteiger partial charge on any atom is -0.338 e. The van der Waals surface area contributed by atoms with E-state index >= 15 is 0 Å². The number of nitrogens with zero attached hydrogens (tertiary/aromatic N) is 1. The number of carbonyl (C=O) groups is 1. The molecule has 0 aliphatic rings. The summed E-state index contributed by atoms with van der Waals surface area (Å²) in [4.78, 5) is 12.0. The predicted octanol–water partition coefficient (Wildman–Crippen LogP) is 2.80. The van der Waals surface area contributed by atoms with Gasteiger partial charge in [0.1, 0.15) is 5.82 Å². The first-order valence-electron chi connectivity index (χ1n) is 6.72. The summed E-state index contributed by atoms with van der Waals surface area (Å²) in [6.07, 6.45) is 0. The lowest BCUT2D eigenvalue weighted by Crippen LogP contribution is -2.39. The second-order valence-electron chi connectivity index (χ2n) is 4.95. The summed E-state index contributed by atoms with van der Waals surface area (Å²) in [7, 11) is 0. The van der Waals surface area contributed by atoms with Gasteiger partial charge >= 0.3 is 0 Å². The molecule has 0 bridgehead atoms. The van der Waals surface area contributed by atoms with Crippen LogP contribution in [0.3, 0.4) is 0 Å². The lowest BCUT2D eigenvalue weighted by Gasteiger charge is -2.19. The van der Waals surface area contributed by atoms with E-state index in [1.54, 1.807) is 45.0 Å². The number of aromatic nitrogens is 1. The van der Waals surface area contributed by atoms with E-state index in [0.717, 1.165) is 0 Å². The van der Waals surface area contributed by atoms with E-state index in [2.05, 4.69) is 15.8 Å². The first-order valence-corrected chi connectivity index (χ1v) is 6.72. The molecule has 1 aromatic heterocycles.